The van der Waals surface area contributed by atoms with Gasteiger partial charge in [0.15, 0.2) is 0 Å². The molecule has 0 fully saturated rings. The molecule has 0 N–H and O–H groups in total. The maximum atomic E-state index is 13.0. The number of ether oxygens (including phenoxy) is 1. The van der Waals surface area contributed by atoms with Crippen LogP contribution in [0, 0.1) is 0 Å². The van der Waals surface area contributed by atoms with Crippen LogP contribution in [0.15, 0.2) is 48.8 Å². The number of hydrogen-bond acceptors (Lipinski definition) is 4. The Kier molecular flexibility index (Phi) is 6.50. The maximum absolute atomic E-state index is 13.0. The first-order valence-corrected chi connectivity index (χ1v) is 8.67. The van der Waals surface area contributed by atoms with Crippen molar-refractivity contribution in [3.05, 3.63) is 65.5 Å². The predicted molar refractivity (Wildman–Crippen MR) is 101 cm³/mol. The van der Waals surface area contributed by atoms with E-state index < -0.39 is 0 Å². The highest BCUT2D eigenvalue weighted by Crippen LogP contribution is 2.22. The van der Waals surface area contributed by atoms with Crippen LogP contribution in [0.2, 0.25) is 0 Å². The summed E-state index contributed by atoms with van der Waals surface area (Å²) in [5, 5.41) is 0. The van der Waals surface area contributed by atoms with E-state index >= 15 is 0 Å². The lowest BCUT2D eigenvalue weighted by atomic mass is 9.86. The quantitative estimate of drug-likeness (QED) is 0.744. The zero-order valence-electron chi connectivity index (χ0n) is 15.9. The van der Waals surface area contributed by atoms with Crippen LogP contribution in [0.4, 0.5) is 0 Å². The first-order valence-electron chi connectivity index (χ1n) is 8.67. The molecule has 0 bridgehead atoms. The minimum atomic E-state index is -0.333. The van der Waals surface area contributed by atoms with Gasteiger partial charge >= 0.3 is 5.97 Å². The summed E-state index contributed by atoms with van der Waals surface area (Å²) >= 11 is 0. The molecule has 0 aliphatic heterocycles. The molecule has 2 rings (SSSR count). The van der Waals surface area contributed by atoms with Gasteiger partial charge in [-0.1, -0.05) is 32.9 Å². The lowest BCUT2D eigenvalue weighted by Gasteiger charge is -2.23. The third-order valence-electron chi connectivity index (χ3n) is 4.22. The van der Waals surface area contributed by atoms with E-state index in [4.69, 9.17) is 4.74 Å². The molecule has 0 aliphatic carbocycles. The van der Waals surface area contributed by atoms with E-state index in [1.165, 1.54) is 12.7 Å². The molecule has 26 heavy (non-hydrogen) atoms. The molecule has 1 heterocycles. The van der Waals surface area contributed by atoms with Gasteiger partial charge in [-0.05, 0) is 40.8 Å². The van der Waals surface area contributed by atoms with Gasteiger partial charge in [0.25, 0.3) is 5.91 Å². The second-order valence-electron chi connectivity index (χ2n) is 7.24. The second kappa shape index (κ2) is 8.61. The zero-order valence-corrected chi connectivity index (χ0v) is 15.9. The molecule has 1 aromatic carbocycles. The fourth-order valence-corrected chi connectivity index (χ4v) is 2.58. The molecule has 0 atom stereocenters. The first kappa shape index (κ1) is 19.6. The lowest BCUT2D eigenvalue weighted by Crippen LogP contribution is -2.33. The van der Waals surface area contributed by atoms with Crippen LogP contribution in [0.5, 0.6) is 0 Å². The van der Waals surface area contributed by atoms with Crippen molar-refractivity contribution in [2.45, 2.75) is 39.2 Å². The molecule has 1 amide bonds. The Morgan fingerprint density at radius 1 is 1.04 bits per heavy atom. The monoisotopic (exact) mass is 354 g/mol. The van der Waals surface area contributed by atoms with Gasteiger partial charge in [-0.2, -0.15) is 0 Å². The average Bonchev–Trinajstić information content (AvgIpc) is 2.64. The number of benzene rings is 1. The summed E-state index contributed by atoms with van der Waals surface area (Å²) in [6, 6.07) is 11.4. The number of carbonyl (C=O) groups excluding carboxylic acids is 2. The van der Waals surface area contributed by atoms with Crippen LogP contribution >= 0.6 is 0 Å². The Labute approximate surface area is 155 Å². The fraction of sp³-hybridized carbons (Fsp3) is 0.381. The van der Waals surface area contributed by atoms with Gasteiger partial charge in [-0.3, -0.25) is 14.6 Å². The Morgan fingerprint density at radius 2 is 1.65 bits per heavy atom. The van der Waals surface area contributed by atoms with Crippen LogP contribution in [-0.2, 0) is 21.5 Å². The highest BCUT2D eigenvalue weighted by atomic mass is 16.5. The second-order valence-corrected chi connectivity index (χ2v) is 7.24. The number of amides is 1. The first-order chi connectivity index (χ1) is 12.3. The van der Waals surface area contributed by atoms with Crippen molar-refractivity contribution >= 4 is 11.9 Å². The van der Waals surface area contributed by atoms with Crippen LogP contribution in [0.25, 0.3) is 0 Å². The summed E-state index contributed by atoms with van der Waals surface area (Å²) in [6.07, 6.45) is 3.54. The molecule has 0 saturated carbocycles. The molecule has 2 aromatic rings. The number of nitrogens with zero attached hydrogens (tertiary/aromatic N) is 2. The summed E-state index contributed by atoms with van der Waals surface area (Å²) in [6.45, 7) is 7.12. The van der Waals surface area contributed by atoms with Gasteiger partial charge in [0.05, 0.1) is 13.5 Å². The van der Waals surface area contributed by atoms with Crippen LogP contribution in [0.1, 0.15) is 48.7 Å². The van der Waals surface area contributed by atoms with Gasteiger partial charge in [-0.15, -0.1) is 0 Å². The lowest BCUT2D eigenvalue weighted by molar-refractivity contribution is -0.140. The molecule has 0 spiro atoms. The Bertz CT molecular complexity index is 734. The third-order valence-corrected chi connectivity index (χ3v) is 4.22. The SMILES string of the molecule is COC(=O)CCN(Cc1ccncc1)C(=O)c1ccc(C(C)(C)C)cc1. The Balaban J connectivity index is 2.19. The minimum absolute atomic E-state index is 0.0309. The zero-order chi connectivity index (χ0) is 19.2. The van der Waals surface area contributed by atoms with Gasteiger partial charge in [0.1, 0.15) is 0 Å². The number of esters is 1. The van der Waals surface area contributed by atoms with Gasteiger partial charge < -0.3 is 9.64 Å². The van der Waals surface area contributed by atoms with E-state index in [-0.39, 0.29) is 23.7 Å². The summed E-state index contributed by atoms with van der Waals surface area (Å²) in [5.74, 6) is -0.438. The number of aromatic nitrogens is 1. The molecular weight excluding hydrogens is 328 g/mol. The third kappa shape index (κ3) is 5.41. The van der Waals surface area contributed by atoms with Crippen LogP contribution < -0.4 is 0 Å². The van der Waals surface area contributed by atoms with Crippen LogP contribution in [0.3, 0.4) is 0 Å². The standard InChI is InChI=1S/C21H26N2O3/c1-21(2,3)18-7-5-17(6-8-18)20(25)23(14-11-19(24)26-4)15-16-9-12-22-13-10-16/h5-10,12-13H,11,14-15H2,1-4H3. The number of methoxy groups -OCH3 is 1. The normalized spacial score (nSPS) is 11.1. The van der Waals surface area contributed by atoms with Gasteiger partial charge in [0, 0.05) is 31.0 Å². The summed E-state index contributed by atoms with van der Waals surface area (Å²) in [4.78, 5) is 30.1. The van der Waals surface area contributed by atoms with E-state index in [9.17, 15) is 9.59 Å². The highest BCUT2D eigenvalue weighted by molar-refractivity contribution is 5.94. The summed E-state index contributed by atoms with van der Waals surface area (Å²) < 4.78 is 4.70. The van der Waals surface area contributed by atoms with Crippen LogP contribution in [-0.4, -0.2) is 35.4 Å². The van der Waals surface area contributed by atoms with E-state index in [1.54, 1.807) is 17.3 Å². The maximum Gasteiger partial charge on any atom is 0.307 e. The average molecular weight is 354 g/mol. The number of carbonyl (C=O) groups is 2. The Hall–Kier alpha value is -2.69. The summed E-state index contributed by atoms with van der Waals surface area (Å²) in [5.41, 5.74) is 2.77. The van der Waals surface area contributed by atoms with Crippen molar-refractivity contribution < 1.29 is 14.3 Å². The van der Waals surface area contributed by atoms with E-state index in [0.29, 0.717) is 18.7 Å². The Morgan fingerprint density at radius 3 is 2.19 bits per heavy atom. The molecule has 138 valence electrons. The molecule has 0 unspecified atom stereocenters. The van der Waals surface area contributed by atoms with Crippen molar-refractivity contribution in [1.82, 2.24) is 9.88 Å². The van der Waals surface area contributed by atoms with Crippen molar-refractivity contribution in [2.75, 3.05) is 13.7 Å². The number of hydrogen-bond donors (Lipinski definition) is 0. The molecule has 0 saturated heterocycles. The predicted octanol–water partition coefficient (Wildman–Crippen LogP) is 3.58. The largest absolute Gasteiger partial charge is 0.469 e. The highest BCUT2D eigenvalue weighted by Gasteiger charge is 2.19. The topological polar surface area (TPSA) is 59.5 Å². The molecule has 5 heteroatoms. The molecule has 0 aliphatic rings. The van der Waals surface area contributed by atoms with E-state index in [0.717, 1.165) is 5.56 Å². The molecule has 5 nitrogen and oxygen atoms in total. The van der Waals surface area contributed by atoms with E-state index in [1.807, 2.05) is 36.4 Å². The summed E-state index contributed by atoms with van der Waals surface area (Å²) in [7, 11) is 1.35. The molecule has 0 radical (unpaired) electrons. The van der Waals surface area contributed by atoms with Crippen molar-refractivity contribution in [2.24, 2.45) is 0 Å². The van der Waals surface area contributed by atoms with Gasteiger partial charge in [0.2, 0.25) is 0 Å². The van der Waals surface area contributed by atoms with Crippen molar-refractivity contribution in [1.29, 1.82) is 0 Å². The fourth-order valence-electron chi connectivity index (χ4n) is 2.58. The van der Waals surface area contributed by atoms with Crippen molar-refractivity contribution in [3.63, 3.8) is 0 Å². The number of rotatable bonds is 6. The molecular formula is C21H26N2O3. The van der Waals surface area contributed by atoms with Crippen molar-refractivity contribution in [3.8, 4) is 0 Å². The van der Waals surface area contributed by atoms with E-state index in [2.05, 4.69) is 25.8 Å². The minimum Gasteiger partial charge on any atom is -0.469 e. The smallest absolute Gasteiger partial charge is 0.307 e. The number of pyridine rings is 1. The van der Waals surface area contributed by atoms with Gasteiger partial charge in [-0.25, -0.2) is 0 Å². The molecule has 1 aromatic heterocycles.